The van der Waals surface area contributed by atoms with E-state index in [2.05, 4.69) is 5.32 Å². The van der Waals surface area contributed by atoms with Gasteiger partial charge in [-0.3, -0.25) is 13.9 Å². The van der Waals surface area contributed by atoms with Crippen LogP contribution in [0.5, 0.6) is 5.75 Å². The molecule has 0 heterocycles. The Morgan fingerprint density at radius 2 is 1.85 bits per heavy atom. The van der Waals surface area contributed by atoms with E-state index in [1.54, 1.807) is 49.4 Å². The lowest BCUT2D eigenvalue weighted by Gasteiger charge is -2.31. The van der Waals surface area contributed by atoms with Gasteiger partial charge in [-0.05, 0) is 43.2 Å². The molecular weight excluding hydrogens is 466 g/mol. The van der Waals surface area contributed by atoms with Gasteiger partial charge in [0.25, 0.3) is 0 Å². The summed E-state index contributed by atoms with van der Waals surface area (Å²) < 4.78 is 31.3. The standard InChI is InChI=1S/C23H30ClN3O5S/c1-5-12-25-23(29)17(2)26(15-18-8-6-9-19(24)13-18)22(28)16-27(33(4,30)31)20-10-7-11-21(14-20)32-3/h6-11,13-14,17H,5,12,15-16H2,1-4H3,(H,25,29). The summed E-state index contributed by atoms with van der Waals surface area (Å²) in [4.78, 5) is 27.4. The zero-order chi connectivity index (χ0) is 24.6. The van der Waals surface area contributed by atoms with Crippen molar-refractivity contribution >= 4 is 39.1 Å². The maximum atomic E-state index is 13.4. The molecule has 33 heavy (non-hydrogen) atoms. The van der Waals surface area contributed by atoms with Crippen molar-refractivity contribution in [3.63, 3.8) is 0 Å². The number of amides is 2. The number of rotatable bonds is 11. The van der Waals surface area contributed by atoms with Crippen molar-refractivity contribution in [1.29, 1.82) is 0 Å². The highest BCUT2D eigenvalue weighted by Gasteiger charge is 2.30. The number of carbonyl (C=O) groups excluding carboxylic acids is 2. The van der Waals surface area contributed by atoms with Crippen molar-refractivity contribution < 1.29 is 22.7 Å². The fraction of sp³-hybridized carbons (Fsp3) is 0.391. The monoisotopic (exact) mass is 495 g/mol. The number of hydrogen-bond donors (Lipinski definition) is 1. The molecule has 0 fully saturated rings. The number of nitrogens with zero attached hydrogens (tertiary/aromatic N) is 2. The lowest BCUT2D eigenvalue weighted by molar-refractivity contribution is -0.139. The van der Waals surface area contributed by atoms with E-state index in [0.717, 1.165) is 22.5 Å². The zero-order valence-electron chi connectivity index (χ0n) is 19.2. The predicted octanol–water partition coefficient (Wildman–Crippen LogP) is 3.06. The summed E-state index contributed by atoms with van der Waals surface area (Å²) in [7, 11) is -2.33. The lowest BCUT2D eigenvalue weighted by atomic mass is 10.1. The SMILES string of the molecule is CCCNC(=O)C(C)N(Cc1cccc(Cl)c1)C(=O)CN(c1cccc(OC)c1)S(C)(=O)=O. The number of methoxy groups -OCH3 is 1. The van der Waals surface area contributed by atoms with Gasteiger partial charge in [0.1, 0.15) is 18.3 Å². The van der Waals surface area contributed by atoms with Crippen LogP contribution in [0.15, 0.2) is 48.5 Å². The van der Waals surface area contributed by atoms with E-state index in [1.165, 1.54) is 18.1 Å². The van der Waals surface area contributed by atoms with Gasteiger partial charge in [0, 0.05) is 24.2 Å². The quantitative estimate of drug-likeness (QED) is 0.517. The van der Waals surface area contributed by atoms with E-state index >= 15 is 0 Å². The summed E-state index contributed by atoms with van der Waals surface area (Å²) >= 11 is 6.09. The van der Waals surface area contributed by atoms with Crippen molar-refractivity contribution in [3.8, 4) is 5.75 Å². The molecule has 8 nitrogen and oxygen atoms in total. The first-order valence-corrected chi connectivity index (χ1v) is 12.7. The number of benzene rings is 2. The molecule has 0 radical (unpaired) electrons. The second-order valence-electron chi connectivity index (χ2n) is 7.59. The average Bonchev–Trinajstić information content (AvgIpc) is 2.78. The molecule has 0 bridgehead atoms. The predicted molar refractivity (Wildman–Crippen MR) is 130 cm³/mol. The molecule has 10 heteroatoms. The third-order valence-corrected chi connectivity index (χ3v) is 6.35. The molecule has 0 aliphatic rings. The van der Waals surface area contributed by atoms with Gasteiger partial charge in [-0.2, -0.15) is 0 Å². The first-order chi connectivity index (χ1) is 15.6. The molecule has 0 saturated carbocycles. The van der Waals surface area contributed by atoms with Gasteiger partial charge in [0.05, 0.1) is 19.1 Å². The first kappa shape index (κ1) is 26.5. The van der Waals surface area contributed by atoms with Gasteiger partial charge in [-0.25, -0.2) is 8.42 Å². The van der Waals surface area contributed by atoms with E-state index in [0.29, 0.717) is 17.3 Å². The molecular formula is C23H30ClN3O5S. The van der Waals surface area contributed by atoms with Gasteiger partial charge in [-0.15, -0.1) is 0 Å². The Balaban J connectivity index is 2.38. The fourth-order valence-electron chi connectivity index (χ4n) is 3.19. The molecule has 1 atom stereocenters. The topological polar surface area (TPSA) is 96.0 Å². The van der Waals surface area contributed by atoms with E-state index < -0.39 is 28.5 Å². The second-order valence-corrected chi connectivity index (χ2v) is 9.93. The summed E-state index contributed by atoms with van der Waals surface area (Å²) in [5.41, 5.74) is 1.01. The highest BCUT2D eigenvalue weighted by molar-refractivity contribution is 7.92. The summed E-state index contributed by atoms with van der Waals surface area (Å²) in [6, 6.07) is 12.6. The smallest absolute Gasteiger partial charge is 0.244 e. The number of hydrogen-bond acceptors (Lipinski definition) is 5. The Bertz CT molecular complexity index is 1080. The van der Waals surface area contributed by atoms with Gasteiger partial charge in [-0.1, -0.05) is 36.7 Å². The van der Waals surface area contributed by atoms with Gasteiger partial charge in [0.15, 0.2) is 0 Å². The van der Waals surface area contributed by atoms with E-state index in [-0.39, 0.29) is 18.1 Å². The van der Waals surface area contributed by atoms with Crippen molar-refractivity contribution in [2.75, 3.05) is 30.8 Å². The highest BCUT2D eigenvalue weighted by Crippen LogP contribution is 2.24. The third-order valence-electron chi connectivity index (χ3n) is 4.98. The molecule has 180 valence electrons. The minimum Gasteiger partial charge on any atom is -0.497 e. The molecule has 0 saturated heterocycles. The first-order valence-electron chi connectivity index (χ1n) is 10.5. The Morgan fingerprint density at radius 1 is 1.15 bits per heavy atom. The molecule has 0 aromatic heterocycles. The number of halogens is 1. The zero-order valence-corrected chi connectivity index (χ0v) is 20.8. The van der Waals surface area contributed by atoms with Crippen LogP contribution < -0.4 is 14.4 Å². The maximum absolute atomic E-state index is 13.4. The van der Waals surface area contributed by atoms with Crippen LogP contribution in [0.2, 0.25) is 5.02 Å². The average molecular weight is 496 g/mol. The lowest BCUT2D eigenvalue weighted by Crippen LogP contribution is -2.51. The van der Waals surface area contributed by atoms with Crippen molar-refractivity contribution in [2.45, 2.75) is 32.9 Å². The number of nitrogens with one attached hydrogen (secondary N) is 1. The molecule has 2 amide bonds. The molecule has 1 N–H and O–H groups in total. The van der Waals surface area contributed by atoms with Crippen molar-refractivity contribution in [3.05, 3.63) is 59.1 Å². The van der Waals surface area contributed by atoms with E-state index in [9.17, 15) is 18.0 Å². The van der Waals surface area contributed by atoms with Crippen LogP contribution in [0.3, 0.4) is 0 Å². The molecule has 0 aliphatic heterocycles. The number of carbonyl (C=O) groups is 2. The summed E-state index contributed by atoms with van der Waals surface area (Å²) in [5.74, 6) is -0.390. The molecule has 0 aliphatic carbocycles. The molecule has 2 rings (SSSR count). The minimum absolute atomic E-state index is 0.0931. The van der Waals surface area contributed by atoms with E-state index in [4.69, 9.17) is 16.3 Å². The number of ether oxygens (including phenoxy) is 1. The van der Waals surface area contributed by atoms with Gasteiger partial charge < -0.3 is 15.0 Å². The van der Waals surface area contributed by atoms with Crippen LogP contribution >= 0.6 is 11.6 Å². The van der Waals surface area contributed by atoms with Crippen LogP contribution in [-0.4, -0.2) is 57.6 Å². The van der Waals surface area contributed by atoms with E-state index in [1.807, 2.05) is 6.92 Å². The normalized spacial score (nSPS) is 12.0. The molecule has 0 spiro atoms. The Labute approximate surface area is 200 Å². The van der Waals surface area contributed by atoms with Gasteiger partial charge in [0.2, 0.25) is 21.8 Å². The summed E-state index contributed by atoms with van der Waals surface area (Å²) in [6.07, 6.45) is 1.77. The molecule has 2 aromatic rings. The van der Waals surface area contributed by atoms with Gasteiger partial charge >= 0.3 is 0 Å². The van der Waals surface area contributed by atoms with Crippen LogP contribution in [0.4, 0.5) is 5.69 Å². The van der Waals surface area contributed by atoms with Crippen LogP contribution in [0, 0.1) is 0 Å². The van der Waals surface area contributed by atoms with Crippen molar-refractivity contribution in [2.24, 2.45) is 0 Å². The number of sulfonamides is 1. The maximum Gasteiger partial charge on any atom is 0.244 e. The highest BCUT2D eigenvalue weighted by atomic mass is 35.5. The second kappa shape index (κ2) is 11.9. The molecule has 1 unspecified atom stereocenters. The number of anilines is 1. The summed E-state index contributed by atoms with van der Waals surface area (Å²) in [5, 5.41) is 3.28. The Hall–Kier alpha value is -2.78. The molecule has 2 aromatic carbocycles. The van der Waals surface area contributed by atoms with Crippen LogP contribution in [-0.2, 0) is 26.2 Å². The summed E-state index contributed by atoms with van der Waals surface area (Å²) in [6.45, 7) is 3.64. The third kappa shape index (κ3) is 7.64. The minimum atomic E-state index is -3.80. The fourth-order valence-corrected chi connectivity index (χ4v) is 4.24. The van der Waals surface area contributed by atoms with Crippen LogP contribution in [0.1, 0.15) is 25.8 Å². The Kier molecular flexibility index (Phi) is 9.55. The van der Waals surface area contributed by atoms with Crippen molar-refractivity contribution in [1.82, 2.24) is 10.2 Å². The largest absolute Gasteiger partial charge is 0.497 e. The van der Waals surface area contributed by atoms with Crippen LogP contribution in [0.25, 0.3) is 0 Å². The Morgan fingerprint density at radius 3 is 2.45 bits per heavy atom.